The fraction of sp³-hybridized carbons (Fsp3) is 0.500. The number of benzene rings is 2. The number of alkyl carbamates (subject to hydrolysis) is 1. The van der Waals surface area contributed by atoms with Crippen LogP contribution in [0.3, 0.4) is 0 Å². The molecule has 2 N–H and O–H groups in total. The first-order chi connectivity index (χ1) is 18.0. The number of anilines is 1. The maximum Gasteiger partial charge on any atom is 0.408 e. The zero-order chi connectivity index (χ0) is 29.7. The van der Waals surface area contributed by atoms with E-state index in [9.17, 15) is 14.4 Å². The first kappa shape index (κ1) is 32.5. The first-order valence-corrected chi connectivity index (χ1v) is 14.1. The molecule has 7 nitrogen and oxygen atoms in total. The average molecular weight is 576 g/mol. The van der Waals surface area contributed by atoms with Crippen molar-refractivity contribution in [1.29, 1.82) is 0 Å². The molecule has 3 amide bonds. The number of para-hydroxylation sites is 1. The molecular weight excluding hydrogens is 534 g/mol. The zero-order valence-corrected chi connectivity index (χ0v) is 26.1. The van der Waals surface area contributed by atoms with Gasteiger partial charge in [-0.2, -0.15) is 12.6 Å². The minimum Gasteiger partial charge on any atom is -0.444 e. The lowest BCUT2D eigenvalue weighted by Crippen LogP contribution is -2.59. The quantitative estimate of drug-likeness (QED) is 0.287. The van der Waals surface area contributed by atoms with E-state index in [0.717, 1.165) is 16.7 Å². The number of nitrogens with zero attached hydrogens (tertiary/aromatic N) is 1. The van der Waals surface area contributed by atoms with E-state index in [2.05, 4.69) is 23.3 Å². The molecule has 2 aromatic carbocycles. The molecule has 2 unspecified atom stereocenters. The molecule has 0 aliphatic rings. The van der Waals surface area contributed by atoms with Crippen molar-refractivity contribution in [3.8, 4) is 0 Å². The highest BCUT2D eigenvalue weighted by Gasteiger charge is 2.43. The third-order valence-electron chi connectivity index (χ3n) is 6.62. The van der Waals surface area contributed by atoms with Crippen LogP contribution in [0.4, 0.5) is 10.5 Å². The number of hydrogen-bond acceptors (Lipinski definition) is 5. The van der Waals surface area contributed by atoms with E-state index in [0.29, 0.717) is 22.7 Å². The van der Waals surface area contributed by atoms with Gasteiger partial charge >= 0.3 is 6.09 Å². The van der Waals surface area contributed by atoms with Gasteiger partial charge < -0.3 is 20.3 Å². The first-order valence-electron chi connectivity index (χ1n) is 13.1. The lowest BCUT2D eigenvalue weighted by Gasteiger charge is -2.45. The molecule has 2 atom stereocenters. The van der Waals surface area contributed by atoms with Crippen LogP contribution in [0.2, 0.25) is 5.02 Å². The van der Waals surface area contributed by atoms with Crippen molar-refractivity contribution < 1.29 is 19.1 Å². The van der Waals surface area contributed by atoms with Gasteiger partial charge in [0.05, 0.1) is 10.7 Å². The van der Waals surface area contributed by atoms with E-state index >= 15 is 0 Å². The minimum atomic E-state index is -1.03. The number of carbonyl (C=O) groups is 3. The SMILES string of the molecule is CCC(C)(C)N(C(=O)C(CS)NC(=O)OC(C)(C)C)C(C(=O)Nc1c(C)cccc1Cl)c1ccc(C)cc1C. The second-order valence-corrected chi connectivity index (χ2v) is 12.2. The number of ether oxygens (including phenoxy) is 1. The summed E-state index contributed by atoms with van der Waals surface area (Å²) < 4.78 is 5.39. The van der Waals surface area contributed by atoms with Crippen molar-refractivity contribution in [2.75, 3.05) is 11.1 Å². The van der Waals surface area contributed by atoms with Crippen molar-refractivity contribution in [3.63, 3.8) is 0 Å². The van der Waals surface area contributed by atoms with Crippen LogP contribution in [0.5, 0.6) is 0 Å². The van der Waals surface area contributed by atoms with Gasteiger partial charge in [-0.15, -0.1) is 0 Å². The molecule has 0 fully saturated rings. The standard InChI is InChI=1S/C30H42ClN3O4S/c1-10-30(8,9)34(27(36)23(17-39)32-28(37)38-29(5,6)7)25(21-15-14-18(2)16-20(21)4)26(35)33-24-19(3)12-11-13-22(24)31/h11-16,23,25,39H,10,17H2,1-9H3,(H,32,37)(H,33,35). The van der Waals surface area contributed by atoms with Gasteiger partial charge in [-0.3, -0.25) is 9.59 Å². The lowest BCUT2D eigenvalue weighted by molar-refractivity contribution is -0.147. The summed E-state index contributed by atoms with van der Waals surface area (Å²) in [5, 5.41) is 6.04. The van der Waals surface area contributed by atoms with Crippen LogP contribution in [0, 0.1) is 20.8 Å². The summed E-state index contributed by atoms with van der Waals surface area (Å²) in [7, 11) is 0. The normalized spacial score (nSPS) is 13.3. The summed E-state index contributed by atoms with van der Waals surface area (Å²) >= 11 is 10.8. The zero-order valence-electron chi connectivity index (χ0n) is 24.4. The number of hydrogen-bond donors (Lipinski definition) is 3. The fourth-order valence-electron chi connectivity index (χ4n) is 4.26. The summed E-state index contributed by atoms with van der Waals surface area (Å²) in [5.74, 6) is -0.846. The Morgan fingerprint density at radius 3 is 2.18 bits per heavy atom. The summed E-state index contributed by atoms with van der Waals surface area (Å²) in [6.07, 6.45) is -0.187. The molecule has 39 heavy (non-hydrogen) atoms. The van der Waals surface area contributed by atoms with Crippen molar-refractivity contribution in [1.82, 2.24) is 10.2 Å². The number of aryl methyl sites for hydroxylation is 3. The van der Waals surface area contributed by atoms with Crippen molar-refractivity contribution in [2.45, 2.75) is 92.0 Å². The topological polar surface area (TPSA) is 87.7 Å². The van der Waals surface area contributed by atoms with Crippen LogP contribution in [0.15, 0.2) is 36.4 Å². The molecule has 9 heteroatoms. The summed E-state index contributed by atoms with van der Waals surface area (Å²) in [4.78, 5) is 42.6. The largest absolute Gasteiger partial charge is 0.444 e. The van der Waals surface area contributed by atoms with Crippen LogP contribution in [-0.2, 0) is 14.3 Å². The van der Waals surface area contributed by atoms with Crippen molar-refractivity contribution >= 4 is 47.8 Å². The van der Waals surface area contributed by atoms with Crippen molar-refractivity contribution in [2.24, 2.45) is 0 Å². The summed E-state index contributed by atoms with van der Waals surface area (Å²) in [6.45, 7) is 16.7. The fourth-order valence-corrected chi connectivity index (χ4v) is 4.78. The number of amides is 3. The van der Waals surface area contributed by atoms with Gasteiger partial charge in [-0.25, -0.2) is 4.79 Å². The Kier molecular flexibility index (Phi) is 10.9. The number of nitrogens with one attached hydrogen (secondary N) is 2. The molecule has 2 rings (SSSR count). The van der Waals surface area contributed by atoms with E-state index in [-0.39, 0.29) is 5.75 Å². The summed E-state index contributed by atoms with van der Waals surface area (Å²) in [6, 6.07) is 9.09. The Morgan fingerprint density at radius 2 is 1.67 bits per heavy atom. The van der Waals surface area contributed by atoms with Gasteiger partial charge in [0.2, 0.25) is 5.91 Å². The van der Waals surface area contributed by atoms with Crippen LogP contribution in [-0.4, -0.2) is 45.7 Å². The molecule has 214 valence electrons. The molecule has 0 bridgehead atoms. The number of thiol groups is 1. The van der Waals surface area contributed by atoms with Gasteiger partial charge in [0.1, 0.15) is 17.7 Å². The Labute approximate surface area is 243 Å². The highest BCUT2D eigenvalue weighted by atomic mass is 35.5. The van der Waals surface area contributed by atoms with E-state index in [1.165, 1.54) is 0 Å². The molecule has 0 aliphatic carbocycles. The molecule has 0 radical (unpaired) electrons. The maximum absolute atomic E-state index is 14.3. The molecule has 0 aliphatic heterocycles. The molecule has 0 aromatic heterocycles. The predicted molar refractivity (Wildman–Crippen MR) is 162 cm³/mol. The Balaban J connectivity index is 2.68. The highest BCUT2D eigenvalue weighted by Crippen LogP contribution is 2.36. The number of rotatable bonds is 9. The van der Waals surface area contributed by atoms with E-state index in [1.54, 1.807) is 31.7 Å². The molecule has 0 saturated heterocycles. The van der Waals surface area contributed by atoms with E-state index < -0.39 is 41.1 Å². The van der Waals surface area contributed by atoms with Gasteiger partial charge in [0, 0.05) is 11.3 Å². The molecule has 0 heterocycles. The lowest BCUT2D eigenvalue weighted by atomic mass is 9.90. The second kappa shape index (κ2) is 13.1. The van der Waals surface area contributed by atoms with Crippen LogP contribution < -0.4 is 10.6 Å². The number of halogens is 1. The Morgan fingerprint density at radius 1 is 1.03 bits per heavy atom. The van der Waals surface area contributed by atoms with Crippen molar-refractivity contribution in [3.05, 3.63) is 63.7 Å². The van der Waals surface area contributed by atoms with E-state index in [1.807, 2.05) is 71.9 Å². The highest BCUT2D eigenvalue weighted by molar-refractivity contribution is 7.80. The second-order valence-electron chi connectivity index (χ2n) is 11.4. The minimum absolute atomic E-state index is 0.0131. The third-order valence-corrected chi connectivity index (χ3v) is 7.30. The number of carbonyl (C=O) groups excluding carboxylic acids is 3. The molecule has 0 spiro atoms. The molecule has 2 aromatic rings. The smallest absolute Gasteiger partial charge is 0.408 e. The predicted octanol–water partition coefficient (Wildman–Crippen LogP) is 6.79. The van der Waals surface area contributed by atoms with Gasteiger partial charge in [0.15, 0.2) is 0 Å². The average Bonchev–Trinajstić information content (AvgIpc) is 2.82. The molecular formula is C30H42ClN3O4S. The van der Waals surface area contributed by atoms with Crippen LogP contribution in [0.1, 0.15) is 76.3 Å². The molecule has 0 saturated carbocycles. The monoisotopic (exact) mass is 575 g/mol. The van der Waals surface area contributed by atoms with E-state index in [4.69, 9.17) is 16.3 Å². The Bertz CT molecular complexity index is 1190. The maximum atomic E-state index is 14.3. The third kappa shape index (κ3) is 8.39. The summed E-state index contributed by atoms with van der Waals surface area (Å²) in [5.41, 5.74) is 2.32. The van der Waals surface area contributed by atoms with Gasteiger partial charge in [-0.1, -0.05) is 54.4 Å². The van der Waals surface area contributed by atoms with Crippen LogP contribution in [0.25, 0.3) is 0 Å². The van der Waals surface area contributed by atoms with Crippen LogP contribution >= 0.6 is 24.2 Å². The Hall–Kier alpha value is -2.71. The van der Waals surface area contributed by atoms with Gasteiger partial charge in [0.25, 0.3) is 5.91 Å². The van der Waals surface area contributed by atoms with Gasteiger partial charge in [-0.05, 0) is 84.6 Å².